The Labute approximate surface area is 193 Å². The van der Waals surface area contributed by atoms with Crippen molar-refractivity contribution in [3.63, 3.8) is 0 Å². The summed E-state index contributed by atoms with van der Waals surface area (Å²) in [6, 6.07) is 16.6. The van der Waals surface area contributed by atoms with E-state index in [4.69, 9.17) is 16.3 Å². The molecule has 0 radical (unpaired) electrons. The van der Waals surface area contributed by atoms with E-state index in [1.807, 2.05) is 0 Å². The van der Waals surface area contributed by atoms with Crippen LogP contribution in [-0.4, -0.2) is 21.4 Å². The molecule has 0 bridgehead atoms. The summed E-state index contributed by atoms with van der Waals surface area (Å²) in [6.45, 7) is 0. The number of nitrogens with one attached hydrogen (secondary N) is 2. The number of benzene rings is 3. The molecule has 3 aromatic rings. The van der Waals surface area contributed by atoms with Crippen molar-refractivity contribution in [1.29, 1.82) is 0 Å². The largest absolute Gasteiger partial charge is 0.417 e. The molecule has 1 atom stereocenters. The fourth-order valence-corrected chi connectivity index (χ4v) is 4.24. The van der Waals surface area contributed by atoms with Gasteiger partial charge < -0.3 is 10.1 Å². The van der Waals surface area contributed by atoms with E-state index in [-0.39, 0.29) is 10.6 Å². The van der Waals surface area contributed by atoms with Gasteiger partial charge in [-0.2, -0.15) is 13.2 Å². The van der Waals surface area contributed by atoms with Gasteiger partial charge in [-0.05, 0) is 48.0 Å². The molecule has 174 valence electrons. The van der Waals surface area contributed by atoms with Crippen LogP contribution in [0.3, 0.4) is 0 Å². The maximum atomic E-state index is 13.0. The van der Waals surface area contributed by atoms with E-state index in [0.29, 0.717) is 17.3 Å². The molecule has 0 saturated carbocycles. The summed E-state index contributed by atoms with van der Waals surface area (Å²) in [5, 5.41) is 2.09. The zero-order valence-electron chi connectivity index (χ0n) is 17.1. The van der Waals surface area contributed by atoms with E-state index < -0.39 is 38.8 Å². The lowest BCUT2D eigenvalue weighted by Gasteiger charge is -2.16. The summed E-state index contributed by atoms with van der Waals surface area (Å²) in [7, 11) is -2.81. The molecule has 0 spiro atoms. The maximum absolute atomic E-state index is 13.0. The first-order valence-corrected chi connectivity index (χ1v) is 11.3. The van der Waals surface area contributed by atoms with Gasteiger partial charge in [0.25, 0.3) is 15.9 Å². The predicted octanol–water partition coefficient (Wildman–Crippen LogP) is 5.49. The van der Waals surface area contributed by atoms with Crippen molar-refractivity contribution in [3.8, 4) is 0 Å². The number of ether oxygens (including phenoxy) is 1. The zero-order valence-corrected chi connectivity index (χ0v) is 18.6. The molecule has 3 aromatic carbocycles. The lowest BCUT2D eigenvalue weighted by atomic mass is 10.1. The molecule has 11 heteroatoms. The Bertz CT molecular complexity index is 1230. The van der Waals surface area contributed by atoms with Crippen LogP contribution in [0.5, 0.6) is 0 Å². The molecule has 0 heterocycles. The highest BCUT2D eigenvalue weighted by molar-refractivity contribution is 7.92. The van der Waals surface area contributed by atoms with Gasteiger partial charge in [0.05, 0.1) is 15.5 Å². The highest BCUT2D eigenvalue weighted by Crippen LogP contribution is 2.36. The van der Waals surface area contributed by atoms with Crippen molar-refractivity contribution in [3.05, 3.63) is 88.9 Å². The lowest BCUT2D eigenvalue weighted by Crippen LogP contribution is -2.22. The minimum atomic E-state index is -4.74. The van der Waals surface area contributed by atoms with Crippen LogP contribution in [0.25, 0.3) is 0 Å². The summed E-state index contributed by atoms with van der Waals surface area (Å²) in [5.74, 6) is -0.460. The number of rotatable bonds is 7. The van der Waals surface area contributed by atoms with Crippen molar-refractivity contribution < 1.29 is 31.1 Å². The molecule has 2 N–H and O–H groups in total. The number of hydrogen-bond donors (Lipinski definition) is 2. The number of hydrogen-bond acceptors (Lipinski definition) is 4. The van der Waals surface area contributed by atoms with E-state index in [1.165, 1.54) is 31.4 Å². The number of amides is 1. The molecule has 33 heavy (non-hydrogen) atoms. The third-order valence-corrected chi connectivity index (χ3v) is 6.26. The van der Waals surface area contributed by atoms with Crippen molar-refractivity contribution in [2.45, 2.75) is 17.2 Å². The third-order valence-electron chi connectivity index (χ3n) is 4.53. The van der Waals surface area contributed by atoms with E-state index in [9.17, 15) is 26.4 Å². The Kier molecular flexibility index (Phi) is 7.31. The first-order valence-electron chi connectivity index (χ1n) is 9.39. The van der Waals surface area contributed by atoms with Gasteiger partial charge in [0.2, 0.25) is 0 Å². The maximum Gasteiger partial charge on any atom is 0.417 e. The van der Waals surface area contributed by atoms with Gasteiger partial charge in [-0.3, -0.25) is 9.52 Å². The summed E-state index contributed by atoms with van der Waals surface area (Å²) >= 11 is 5.56. The molecule has 0 aromatic heterocycles. The van der Waals surface area contributed by atoms with E-state index in [0.717, 1.165) is 12.1 Å². The fraction of sp³-hybridized carbons (Fsp3) is 0.136. The first-order chi connectivity index (χ1) is 15.5. The Morgan fingerprint density at radius 1 is 0.970 bits per heavy atom. The van der Waals surface area contributed by atoms with Gasteiger partial charge in [-0.1, -0.05) is 41.9 Å². The van der Waals surface area contributed by atoms with Gasteiger partial charge in [0.1, 0.15) is 0 Å². The van der Waals surface area contributed by atoms with Crippen LogP contribution in [0, 0.1) is 0 Å². The number of anilines is 2. The Morgan fingerprint density at radius 3 is 2.15 bits per heavy atom. The van der Waals surface area contributed by atoms with Gasteiger partial charge >= 0.3 is 6.18 Å². The average Bonchev–Trinajstić information content (AvgIpc) is 2.76. The normalized spacial score (nSPS) is 12.8. The fourth-order valence-electron chi connectivity index (χ4n) is 2.97. The van der Waals surface area contributed by atoms with Crippen LogP contribution in [0.1, 0.15) is 17.2 Å². The topological polar surface area (TPSA) is 84.5 Å². The number of alkyl halides is 3. The Morgan fingerprint density at radius 2 is 1.58 bits per heavy atom. The monoisotopic (exact) mass is 498 g/mol. The van der Waals surface area contributed by atoms with Crippen LogP contribution < -0.4 is 10.0 Å². The molecular weight excluding hydrogens is 481 g/mol. The quantitative estimate of drug-likeness (QED) is 0.451. The smallest absolute Gasteiger partial charge is 0.367 e. The van der Waals surface area contributed by atoms with Crippen molar-refractivity contribution in [2.75, 3.05) is 17.1 Å². The lowest BCUT2D eigenvalue weighted by molar-refractivity contribution is -0.137. The molecule has 0 fully saturated rings. The van der Waals surface area contributed by atoms with Gasteiger partial charge in [0, 0.05) is 18.5 Å². The highest BCUT2D eigenvalue weighted by Gasteiger charge is 2.33. The molecule has 3 rings (SSSR count). The molecule has 0 saturated heterocycles. The van der Waals surface area contributed by atoms with Gasteiger partial charge in [0.15, 0.2) is 6.10 Å². The summed E-state index contributed by atoms with van der Waals surface area (Å²) < 4.78 is 71.6. The molecule has 0 unspecified atom stereocenters. The van der Waals surface area contributed by atoms with Crippen molar-refractivity contribution >= 4 is 38.9 Å². The summed E-state index contributed by atoms with van der Waals surface area (Å²) in [6.07, 6.45) is -5.61. The second-order valence-electron chi connectivity index (χ2n) is 6.84. The summed E-state index contributed by atoms with van der Waals surface area (Å²) in [5.41, 5.74) is -0.506. The van der Waals surface area contributed by atoms with E-state index >= 15 is 0 Å². The number of carbonyl (C=O) groups is 1. The Hall–Kier alpha value is -3.08. The molecule has 0 aliphatic carbocycles. The minimum absolute atomic E-state index is 0.213. The van der Waals surface area contributed by atoms with Crippen molar-refractivity contribution in [1.82, 2.24) is 0 Å². The highest BCUT2D eigenvalue weighted by atomic mass is 35.5. The van der Waals surface area contributed by atoms with Gasteiger partial charge in [-0.25, -0.2) is 8.42 Å². The van der Waals surface area contributed by atoms with Crippen LogP contribution >= 0.6 is 11.6 Å². The van der Waals surface area contributed by atoms with Crippen LogP contribution in [0.2, 0.25) is 5.02 Å². The number of halogens is 4. The van der Waals surface area contributed by atoms with Crippen LogP contribution in [0.15, 0.2) is 77.7 Å². The SMILES string of the molecule is CO[C@@H](C(=O)Nc1ccc(S(=O)(=O)Nc2ccc(Cl)c(C(F)(F)F)c2)cc1)c1ccccc1. The average molecular weight is 499 g/mol. The summed E-state index contributed by atoms with van der Waals surface area (Å²) in [4.78, 5) is 12.3. The van der Waals surface area contributed by atoms with Gasteiger partial charge in [-0.15, -0.1) is 0 Å². The van der Waals surface area contributed by atoms with E-state index in [2.05, 4.69) is 10.0 Å². The zero-order chi connectivity index (χ0) is 24.2. The van der Waals surface area contributed by atoms with E-state index in [1.54, 1.807) is 30.3 Å². The molecule has 0 aliphatic rings. The first kappa shape index (κ1) is 24.6. The Balaban J connectivity index is 1.75. The molecule has 0 aliphatic heterocycles. The predicted molar refractivity (Wildman–Crippen MR) is 119 cm³/mol. The molecule has 6 nitrogen and oxygen atoms in total. The second-order valence-corrected chi connectivity index (χ2v) is 8.93. The van der Waals surface area contributed by atoms with Crippen LogP contribution in [-0.2, 0) is 25.7 Å². The number of sulfonamides is 1. The molecular formula is C22H18ClF3N2O4S. The van der Waals surface area contributed by atoms with Crippen LogP contribution in [0.4, 0.5) is 24.5 Å². The molecule has 1 amide bonds. The minimum Gasteiger partial charge on any atom is -0.367 e. The number of carbonyl (C=O) groups excluding carboxylic acids is 1. The third kappa shape index (κ3) is 6.04. The standard InChI is InChI=1S/C22H18ClF3N2O4S/c1-32-20(14-5-3-2-4-6-14)21(29)27-15-7-10-17(11-8-15)33(30,31)28-16-9-12-19(23)18(13-16)22(24,25)26/h2-13,20,28H,1H3,(H,27,29)/t20-/m1/s1. The number of methoxy groups -OCH3 is 1. The van der Waals surface area contributed by atoms with Crippen molar-refractivity contribution in [2.24, 2.45) is 0 Å². The second kappa shape index (κ2) is 9.82.